The molecule has 0 spiro atoms. The third kappa shape index (κ3) is 12.1. The van der Waals surface area contributed by atoms with Crippen molar-refractivity contribution >= 4 is 123 Å². The van der Waals surface area contributed by atoms with Gasteiger partial charge in [-0.2, -0.15) is 5.26 Å². The van der Waals surface area contributed by atoms with E-state index < -0.39 is 55.1 Å². The van der Waals surface area contributed by atoms with Crippen molar-refractivity contribution in [1.82, 2.24) is 13.7 Å². The Balaban J connectivity index is 1.01. The minimum Gasteiger partial charge on any atom is -0.311 e. The Morgan fingerprint density at radius 2 is 0.664 bits per heavy atom. The second-order valence-electron chi connectivity index (χ2n) is 38.5. The first kappa shape index (κ1) is 65.0. The molecule has 0 aliphatic carbocycles. The summed E-state index contributed by atoms with van der Waals surface area (Å²) >= 11 is 0. The quantitative estimate of drug-likeness (QED) is 0.142. The van der Waals surface area contributed by atoms with E-state index >= 15 is 0 Å². The van der Waals surface area contributed by atoms with Crippen molar-refractivity contribution in [2.75, 3.05) is 9.80 Å². The molecule has 0 unspecified atom stereocenters. The Hall–Kier alpha value is -12.4. The maximum atomic E-state index is 12.7. The van der Waals surface area contributed by atoms with Crippen molar-refractivity contribution in [3.05, 3.63) is 324 Å². The molecule has 2 aliphatic heterocycles. The number of hydrogen-bond acceptors (Lipinski definition) is 3. The Morgan fingerprint density at radius 3 is 1.14 bits per heavy atom. The molecule has 19 rings (SSSR count). The summed E-state index contributed by atoms with van der Waals surface area (Å²) in [5.74, 6) is 0. The predicted octanol–water partition coefficient (Wildman–Crippen LogP) is 27.7. The van der Waals surface area contributed by atoms with Crippen LogP contribution in [0.3, 0.4) is 0 Å². The van der Waals surface area contributed by atoms with Crippen LogP contribution in [0.25, 0.3) is 116 Å². The number of para-hydroxylation sites is 4. The van der Waals surface area contributed by atoms with E-state index in [1.807, 2.05) is 54.6 Å². The number of fused-ring (bicyclic) bond motifs is 13. The van der Waals surface area contributed by atoms with E-state index in [-0.39, 0.29) is 54.3 Å². The summed E-state index contributed by atoms with van der Waals surface area (Å²) in [5, 5.41) is 17.0. The van der Waals surface area contributed by atoms with E-state index in [9.17, 15) is 13.5 Å². The summed E-state index contributed by atoms with van der Waals surface area (Å²) < 4.78 is 82.4. The number of nitriles is 1. The lowest BCUT2D eigenvalue weighted by atomic mass is 9.33. The molecule has 5 heterocycles. The summed E-state index contributed by atoms with van der Waals surface area (Å²) in [6, 6.07) is 85.8. The molecule has 570 valence electrons. The molecule has 0 saturated heterocycles. The van der Waals surface area contributed by atoms with Crippen LogP contribution in [0.5, 0.6) is 0 Å². The lowest BCUT2D eigenvalue weighted by molar-refractivity contribution is 0.568. The van der Waals surface area contributed by atoms with Gasteiger partial charge >= 0.3 is 0 Å². The highest BCUT2D eigenvalue weighted by Crippen LogP contribution is 2.52. The van der Waals surface area contributed by atoms with Crippen LogP contribution in [0.1, 0.15) is 175 Å². The highest BCUT2D eigenvalue weighted by Gasteiger charge is 2.46. The number of rotatable bonds is 8. The van der Waals surface area contributed by atoms with Gasteiger partial charge in [-0.15, -0.1) is 0 Å². The first-order valence-electron chi connectivity index (χ1n) is 44.8. The van der Waals surface area contributed by atoms with Gasteiger partial charge < -0.3 is 23.5 Å². The minimum atomic E-state index is -0.596. The van der Waals surface area contributed by atoms with Crippen molar-refractivity contribution in [2.24, 2.45) is 0 Å². The molecular formula is C109H101BN6. The largest absolute Gasteiger partial charge is 0.311 e. The standard InChI is InChI=1S/C109H101BN6/c1-104(2,3)73-43-49-97-86(62-73)87-63-74(105(4,5)6)44-50-98(87)113(97)79-45-47-89-99(64-79)114(81-56-68(67-31-20-19-21-32-67)51-69(57-81)70-52-75(106(7,8)9)60-76(53-70)107(10,11)12)101-58-72(71-54-77(108(13,14)15)61-78(55-71)109(16,17)18)59-102-103(101)110(89)90-48-46-80(112-91-37-26-22-33-82(91)83-34-23-27-38-92(83)112)65-100(90)116(102)96-42-30-41-95(88(96)66-111)115-93-39-28-24-35-84(93)85-36-25-29-40-94(85)115/h19-65H,1-18H3/i22D,23D,26D,27D,33D,34D,37D,38D. The topological polar surface area (TPSA) is 45.1 Å². The van der Waals surface area contributed by atoms with Crippen LogP contribution in [0, 0.1) is 11.3 Å². The molecule has 0 atom stereocenters. The minimum absolute atomic E-state index is 0.00268. The molecule has 6 nitrogen and oxygen atoms in total. The van der Waals surface area contributed by atoms with Crippen LogP contribution in [-0.4, -0.2) is 20.4 Å². The number of hydrogen-bond donors (Lipinski definition) is 0. The van der Waals surface area contributed by atoms with Crippen molar-refractivity contribution in [1.29, 1.82) is 5.26 Å². The molecule has 7 heteroatoms. The lowest BCUT2D eigenvalue weighted by Gasteiger charge is -2.45. The summed E-state index contributed by atoms with van der Waals surface area (Å²) in [7, 11) is 0. The zero-order valence-electron chi connectivity index (χ0n) is 77.8. The number of aromatic nitrogens is 3. The fourth-order valence-corrected chi connectivity index (χ4v) is 18.1. The van der Waals surface area contributed by atoms with Crippen LogP contribution in [-0.2, 0) is 32.5 Å². The molecule has 0 N–H and O–H groups in total. The van der Waals surface area contributed by atoms with Crippen molar-refractivity contribution in [3.8, 4) is 56.5 Å². The van der Waals surface area contributed by atoms with E-state index in [2.05, 4.69) is 332 Å². The second-order valence-corrected chi connectivity index (χ2v) is 38.5. The van der Waals surface area contributed by atoms with Gasteiger partial charge in [0, 0.05) is 72.1 Å². The molecule has 0 radical (unpaired) electrons. The smallest absolute Gasteiger partial charge is 0.252 e. The van der Waals surface area contributed by atoms with Crippen LogP contribution in [0.15, 0.2) is 285 Å². The van der Waals surface area contributed by atoms with Crippen LogP contribution < -0.4 is 26.2 Å². The molecule has 0 fully saturated rings. The molecule has 0 saturated carbocycles. The number of anilines is 6. The van der Waals surface area contributed by atoms with Gasteiger partial charge in [0.1, 0.15) is 11.6 Å². The van der Waals surface area contributed by atoms with E-state index in [1.54, 1.807) is 4.57 Å². The predicted molar refractivity (Wildman–Crippen MR) is 497 cm³/mol. The van der Waals surface area contributed by atoms with Crippen molar-refractivity contribution in [2.45, 2.75) is 157 Å². The summed E-state index contributed by atoms with van der Waals surface area (Å²) in [6.45, 7) is 40.5. The molecule has 2 aliphatic rings. The van der Waals surface area contributed by atoms with Crippen molar-refractivity contribution < 1.29 is 11.0 Å². The van der Waals surface area contributed by atoms with E-state index in [0.717, 1.165) is 133 Å². The van der Waals surface area contributed by atoms with Crippen LogP contribution in [0.2, 0.25) is 0 Å². The Labute approximate surface area is 695 Å². The van der Waals surface area contributed by atoms with Gasteiger partial charge in [0.05, 0.1) is 55.4 Å². The summed E-state index contributed by atoms with van der Waals surface area (Å²) in [6.07, 6.45) is 0. The van der Waals surface area contributed by atoms with Crippen molar-refractivity contribution in [3.63, 3.8) is 0 Å². The van der Waals surface area contributed by atoms with E-state index in [4.69, 9.17) is 2.74 Å². The van der Waals surface area contributed by atoms with Gasteiger partial charge in [-0.25, -0.2) is 0 Å². The highest BCUT2D eigenvalue weighted by atomic mass is 15.2. The second kappa shape index (κ2) is 26.3. The molecule has 116 heavy (non-hydrogen) atoms. The third-order valence-electron chi connectivity index (χ3n) is 24.6. The molecular weight excluding hydrogens is 1400 g/mol. The maximum Gasteiger partial charge on any atom is 0.252 e. The maximum absolute atomic E-state index is 12.7. The molecule has 3 aromatic heterocycles. The lowest BCUT2D eigenvalue weighted by Crippen LogP contribution is -2.61. The van der Waals surface area contributed by atoms with Gasteiger partial charge in [-0.1, -0.05) is 294 Å². The normalized spacial score (nSPS) is 14.3. The molecule has 0 bridgehead atoms. The van der Waals surface area contributed by atoms with Gasteiger partial charge in [0.15, 0.2) is 0 Å². The Morgan fingerprint density at radius 1 is 0.267 bits per heavy atom. The SMILES string of the molecule is [2H]c1c([2H])c([2H])c2c(c1[2H])c1c([2H])c([2H])c([2H])c([2H])c1n2-c1ccc2c(c1)N(c1cccc(-n3c4ccccc4c4ccccc43)c1C#N)c1cc(-c3cc(C(C)(C)C)cc(C(C)(C)C)c3)cc3c1B2c1ccc(-n2c4ccc(C(C)(C)C)cc4c4cc(C(C)(C)C)ccc42)cc1N3c1cc(-c2ccccc2)cc(-c2cc(C(C)(C)C)cc(C(C)(C)C)c2)c1. The van der Waals surface area contributed by atoms with Gasteiger partial charge in [0.2, 0.25) is 0 Å². The number of benzene rings is 14. The average molecular weight is 1510 g/mol. The Bertz CT molecular complexity index is 7230. The van der Waals surface area contributed by atoms with Crippen LogP contribution >= 0.6 is 0 Å². The first-order valence-corrected chi connectivity index (χ1v) is 40.8. The van der Waals surface area contributed by atoms with E-state index in [0.29, 0.717) is 28.3 Å². The molecule has 0 amide bonds. The first-order chi connectivity index (χ1) is 58.6. The fourth-order valence-electron chi connectivity index (χ4n) is 18.1. The van der Waals surface area contributed by atoms with E-state index in [1.165, 1.54) is 22.3 Å². The average Bonchev–Trinajstić information content (AvgIpc) is 0.994. The zero-order chi connectivity index (χ0) is 87.7. The molecule has 14 aromatic carbocycles. The van der Waals surface area contributed by atoms with Gasteiger partial charge in [-0.3, -0.25) is 0 Å². The fraction of sp³-hybridized carbons (Fsp3) is 0.220. The Kier molecular flexibility index (Phi) is 14.7. The third-order valence-corrected chi connectivity index (χ3v) is 24.6. The zero-order valence-corrected chi connectivity index (χ0v) is 69.8. The molecule has 17 aromatic rings. The number of nitrogens with zero attached hydrogens (tertiary/aromatic N) is 6. The van der Waals surface area contributed by atoms with Gasteiger partial charge in [0.25, 0.3) is 6.71 Å². The highest BCUT2D eigenvalue weighted by molar-refractivity contribution is 7.00. The summed E-state index contributed by atoms with van der Waals surface area (Å²) in [5.41, 5.74) is 25.8. The monoisotopic (exact) mass is 1510 g/mol. The van der Waals surface area contributed by atoms with Gasteiger partial charge in [-0.05, 0) is 231 Å². The van der Waals surface area contributed by atoms with Crippen LogP contribution in [0.4, 0.5) is 34.1 Å². The summed E-state index contributed by atoms with van der Waals surface area (Å²) in [4.78, 5) is 4.78.